The van der Waals surface area contributed by atoms with E-state index < -0.39 is 0 Å². The van der Waals surface area contributed by atoms with Gasteiger partial charge in [-0.3, -0.25) is 4.90 Å². The standard InChI is InChI=1S/C15H21BrClNO.ClH/c1-2-18(12-6-4-3-5-7-12)10-11-8-13(16)15(19)14(17)9-11;/h8-9,12,19H,2-7,10H2,1H3;1H. The maximum absolute atomic E-state index is 9.68. The van der Waals surface area contributed by atoms with Crippen molar-refractivity contribution in [1.29, 1.82) is 0 Å². The van der Waals surface area contributed by atoms with E-state index in [1.807, 2.05) is 12.1 Å². The average Bonchev–Trinajstić information content (AvgIpc) is 2.43. The van der Waals surface area contributed by atoms with Crippen molar-refractivity contribution in [1.82, 2.24) is 4.90 Å². The summed E-state index contributed by atoms with van der Waals surface area (Å²) in [4.78, 5) is 2.52. The molecule has 0 spiro atoms. The summed E-state index contributed by atoms with van der Waals surface area (Å²) in [5, 5.41) is 10.1. The number of hydrogen-bond acceptors (Lipinski definition) is 2. The lowest BCUT2D eigenvalue weighted by Crippen LogP contribution is -2.36. The van der Waals surface area contributed by atoms with Crippen LogP contribution in [-0.4, -0.2) is 22.6 Å². The summed E-state index contributed by atoms with van der Waals surface area (Å²) in [6.45, 7) is 4.17. The molecule has 1 saturated carbocycles. The molecule has 0 aliphatic heterocycles. The smallest absolute Gasteiger partial charge is 0.148 e. The van der Waals surface area contributed by atoms with Gasteiger partial charge >= 0.3 is 0 Å². The lowest BCUT2D eigenvalue weighted by Gasteiger charge is -2.33. The Hall–Kier alpha value is 0.0400. The molecule has 1 aliphatic rings. The van der Waals surface area contributed by atoms with Gasteiger partial charge < -0.3 is 5.11 Å². The van der Waals surface area contributed by atoms with Gasteiger partial charge in [-0.2, -0.15) is 0 Å². The van der Waals surface area contributed by atoms with E-state index >= 15 is 0 Å². The second-order valence-electron chi connectivity index (χ2n) is 5.26. The molecule has 1 fully saturated rings. The molecule has 0 heterocycles. The van der Waals surface area contributed by atoms with Crippen molar-refractivity contribution >= 4 is 39.9 Å². The molecule has 1 aromatic carbocycles. The van der Waals surface area contributed by atoms with Crippen molar-refractivity contribution in [3.8, 4) is 5.75 Å². The topological polar surface area (TPSA) is 23.5 Å². The highest BCUT2D eigenvalue weighted by Gasteiger charge is 2.20. The van der Waals surface area contributed by atoms with E-state index in [0.29, 0.717) is 15.5 Å². The predicted octanol–water partition coefficient (Wildman–Crippen LogP) is 5.38. The highest BCUT2D eigenvalue weighted by molar-refractivity contribution is 9.10. The van der Waals surface area contributed by atoms with Crippen LogP contribution in [0.1, 0.15) is 44.6 Å². The van der Waals surface area contributed by atoms with Crippen LogP contribution in [0.15, 0.2) is 16.6 Å². The third-order valence-corrected chi connectivity index (χ3v) is 4.85. The first-order chi connectivity index (χ1) is 9.11. The maximum atomic E-state index is 9.68. The summed E-state index contributed by atoms with van der Waals surface area (Å²) in [7, 11) is 0. The molecular weight excluding hydrogens is 361 g/mol. The number of nitrogens with zero attached hydrogens (tertiary/aromatic N) is 1. The van der Waals surface area contributed by atoms with E-state index in [4.69, 9.17) is 11.6 Å². The molecule has 1 aliphatic carbocycles. The zero-order chi connectivity index (χ0) is 13.8. The molecule has 114 valence electrons. The first-order valence-corrected chi connectivity index (χ1v) is 8.20. The molecule has 1 aromatic rings. The van der Waals surface area contributed by atoms with Crippen LogP contribution in [0.3, 0.4) is 0 Å². The number of benzene rings is 1. The molecule has 2 nitrogen and oxygen atoms in total. The van der Waals surface area contributed by atoms with E-state index in [0.717, 1.165) is 18.7 Å². The normalized spacial score (nSPS) is 16.2. The Morgan fingerprint density at radius 3 is 2.50 bits per heavy atom. The molecule has 0 radical (unpaired) electrons. The Morgan fingerprint density at radius 1 is 1.30 bits per heavy atom. The zero-order valence-corrected chi connectivity index (χ0v) is 14.9. The van der Waals surface area contributed by atoms with Crippen LogP contribution in [-0.2, 0) is 6.54 Å². The van der Waals surface area contributed by atoms with Crippen molar-refractivity contribution in [3.63, 3.8) is 0 Å². The summed E-state index contributed by atoms with van der Waals surface area (Å²) in [6, 6.07) is 4.53. The fourth-order valence-corrected chi connectivity index (χ4v) is 3.75. The number of phenols is 1. The Morgan fingerprint density at radius 2 is 1.95 bits per heavy atom. The van der Waals surface area contributed by atoms with Crippen molar-refractivity contribution in [2.24, 2.45) is 0 Å². The fourth-order valence-electron chi connectivity index (χ4n) is 2.89. The van der Waals surface area contributed by atoms with Crippen LogP contribution in [0.5, 0.6) is 5.75 Å². The minimum atomic E-state index is 0. The number of hydrogen-bond donors (Lipinski definition) is 1. The molecule has 0 aromatic heterocycles. The third kappa shape index (κ3) is 4.52. The van der Waals surface area contributed by atoms with Gasteiger partial charge in [0, 0.05) is 12.6 Å². The van der Waals surface area contributed by atoms with Gasteiger partial charge in [-0.25, -0.2) is 0 Å². The van der Waals surface area contributed by atoms with Crippen molar-refractivity contribution in [2.45, 2.75) is 51.6 Å². The highest BCUT2D eigenvalue weighted by atomic mass is 79.9. The van der Waals surface area contributed by atoms with Crippen LogP contribution in [0, 0.1) is 0 Å². The summed E-state index contributed by atoms with van der Waals surface area (Å²) in [5.74, 6) is 0.131. The molecule has 5 heteroatoms. The molecule has 20 heavy (non-hydrogen) atoms. The van der Waals surface area contributed by atoms with Gasteiger partial charge in [-0.1, -0.05) is 37.8 Å². The molecule has 0 saturated heterocycles. The molecule has 0 amide bonds. The molecular formula is C15H22BrCl2NO. The Balaban J connectivity index is 0.00000200. The van der Waals surface area contributed by atoms with Crippen LogP contribution >= 0.6 is 39.9 Å². The van der Waals surface area contributed by atoms with Crippen LogP contribution < -0.4 is 0 Å². The SMILES string of the molecule is CCN(Cc1cc(Cl)c(O)c(Br)c1)C1CCCCC1.Cl. The van der Waals surface area contributed by atoms with E-state index in [2.05, 4.69) is 27.8 Å². The van der Waals surface area contributed by atoms with Crippen molar-refractivity contribution in [2.75, 3.05) is 6.54 Å². The minimum absolute atomic E-state index is 0. The van der Waals surface area contributed by atoms with Crippen LogP contribution in [0.4, 0.5) is 0 Å². The lowest BCUT2D eigenvalue weighted by atomic mass is 9.94. The minimum Gasteiger partial charge on any atom is -0.505 e. The molecule has 0 bridgehead atoms. The fraction of sp³-hybridized carbons (Fsp3) is 0.600. The largest absolute Gasteiger partial charge is 0.505 e. The maximum Gasteiger partial charge on any atom is 0.148 e. The number of rotatable bonds is 4. The van der Waals surface area contributed by atoms with E-state index in [1.165, 1.54) is 32.1 Å². The second kappa shape index (κ2) is 8.47. The predicted molar refractivity (Wildman–Crippen MR) is 91.0 cm³/mol. The summed E-state index contributed by atoms with van der Waals surface area (Å²) in [6.07, 6.45) is 6.69. The Bertz CT molecular complexity index is 413. The zero-order valence-electron chi connectivity index (χ0n) is 11.7. The molecule has 1 N–H and O–H groups in total. The van der Waals surface area contributed by atoms with Gasteiger partial charge in [-0.15, -0.1) is 12.4 Å². The van der Waals surface area contributed by atoms with E-state index in [1.54, 1.807) is 0 Å². The van der Waals surface area contributed by atoms with Gasteiger partial charge in [0.15, 0.2) is 0 Å². The Labute approximate surface area is 141 Å². The number of halogens is 3. The molecule has 2 rings (SSSR count). The highest BCUT2D eigenvalue weighted by Crippen LogP contribution is 2.34. The summed E-state index contributed by atoms with van der Waals surface area (Å²) < 4.78 is 0.676. The second-order valence-corrected chi connectivity index (χ2v) is 6.52. The van der Waals surface area contributed by atoms with Crippen LogP contribution in [0.2, 0.25) is 5.02 Å². The molecule has 0 unspecified atom stereocenters. The van der Waals surface area contributed by atoms with Gasteiger partial charge in [0.1, 0.15) is 5.75 Å². The first kappa shape index (κ1) is 18.1. The summed E-state index contributed by atoms with van der Waals surface area (Å²) in [5.41, 5.74) is 1.15. The lowest BCUT2D eigenvalue weighted by molar-refractivity contribution is 0.156. The monoisotopic (exact) mass is 381 g/mol. The first-order valence-electron chi connectivity index (χ1n) is 7.02. The van der Waals surface area contributed by atoms with Gasteiger partial charge in [0.2, 0.25) is 0 Å². The van der Waals surface area contributed by atoms with Crippen molar-refractivity contribution < 1.29 is 5.11 Å². The number of aromatic hydroxyl groups is 1. The van der Waals surface area contributed by atoms with E-state index in [9.17, 15) is 5.11 Å². The van der Waals surface area contributed by atoms with Crippen LogP contribution in [0.25, 0.3) is 0 Å². The van der Waals surface area contributed by atoms with Crippen molar-refractivity contribution in [3.05, 3.63) is 27.2 Å². The quantitative estimate of drug-likeness (QED) is 0.754. The van der Waals surface area contributed by atoms with E-state index in [-0.39, 0.29) is 18.2 Å². The molecule has 0 atom stereocenters. The van der Waals surface area contributed by atoms with Gasteiger partial charge in [0.25, 0.3) is 0 Å². The third-order valence-electron chi connectivity index (χ3n) is 3.96. The van der Waals surface area contributed by atoms with Gasteiger partial charge in [0.05, 0.1) is 9.50 Å². The van der Waals surface area contributed by atoms with Gasteiger partial charge in [-0.05, 0) is 53.0 Å². The Kier molecular flexibility index (Phi) is 7.67. The summed E-state index contributed by atoms with van der Waals surface area (Å²) >= 11 is 9.38. The number of phenolic OH excluding ortho intramolecular Hbond substituents is 1. The average molecular weight is 383 g/mol.